The molecule has 170 valence electrons. The Bertz CT molecular complexity index is 1060. The van der Waals surface area contributed by atoms with Crippen molar-refractivity contribution >= 4 is 33.4 Å². The number of hydrogen-bond donors (Lipinski definition) is 2. The van der Waals surface area contributed by atoms with Gasteiger partial charge in [-0.3, -0.25) is 9.63 Å². The van der Waals surface area contributed by atoms with E-state index in [1.54, 1.807) is 0 Å². The molecule has 0 radical (unpaired) electrons. The second kappa shape index (κ2) is 11.8. The van der Waals surface area contributed by atoms with Gasteiger partial charge in [-0.25, -0.2) is 14.4 Å². The number of rotatable bonds is 11. The van der Waals surface area contributed by atoms with Gasteiger partial charge >= 0.3 is 0 Å². The molecule has 0 aliphatic carbocycles. The molecule has 6 nitrogen and oxygen atoms in total. The lowest BCUT2D eigenvalue weighted by Gasteiger charge is -2.18. The molecule has 32 heavy (non-hydrogen) atoms. The summed E-state index contributed by atoms with van der Waals surface area (Å²) in [5, 5.41) is 2.05. The molecular formula is C25H31N3O3S. The van der Waals surface area contributed by atoms with Gasteiger partial charge in [0.05, 0.1) is 11.5 Å². The number of carbonyl (C=O) groups excluding carboxylic acids is 1. The second-order valence-corrected chi connectivity index (χ2v) is 9.22. The van der Waals surface area contributed by atoms with Crippen LogP contribution in [0.3, 0.4) is 0 Å². The molecule has 0 aromatic heterocycles. The van der Waals surface area contributed by atoms with Gasteiger partial charge in [0, 0.05) is 43.0 Å². The normalized spacial score (nSPS) is 13.0. The van der Waals surface area contributed by atoms with Gasteiger partial charge in [-0.2, -0.15) is 0 Å². The Labute approximate surface area is 192 Å². The van der Waals surface area contributed by atoms with E-state index in [9.17, 15) is 9.00 Å². The number of hydroxylamine groups is 1. The fourth-order valence-corrected chi connectivity index (χ4v) is 4.71. The SMILES string of the molecule is CC(CCCC(=O)NOCc1ccccc1)NS(=O)c1cccc2c(N(C)C)cccc12. The number of nitrogens with one attached hydrogen (secondary N) is 2. The lowest BCUT2D eigenvalue weighted by Crippen LogP contribution is -2.29. The van der Waals surface area contributed by atoms with Crippen molar-refractivity contribution < 1.29 is 13.8 Å². The molecule has 2 unspecified atom stereocenters. The van der Waals surface area contributed by atoms with Crippen molar-refractivity contribution in [2.45, 2.75) is 43.7 Å². The highest BCUT2D eigenvalue weighted by Gasteiger charge is 2.14. The van der Waals surface area contributed by atoms with Crippen molar-refractivity contribution in [1.29, 1.82) is 0 Å². The molecule has 0 bridgehead atoms. The fraction of sp³-hybridized carbons (Fsp3) is 0.320. The third kappa shape index (κ3) is 6.63. The molecule has 0 saturated carbocycles. The van der Waals surface area contributed by atoms with Crippen LogP contribution in [0.1, 0.15) is 31.7 Å². The predicted molar refractivity (Wildman–Crippen MR) is 131 cm³/mol. The third-order valence-corrected chi connectivity index (χ3v) is 6.53. The van der Waals surface area contributed by atoms with Crippen LogP contribution in [0.15, 0.2) is 71.6 Å². The summed E-state index contributed by atoms with van der Waals surface area (Å²) in [5.74, 6) is -0.153. The van der Waals surface area contributed by atoms with Crippen molar-refractivity contribution in [3.05, 3.63) is 72.3 Å². The Morgan fingerprint density at radius 3 is 2.47 bits per heavy atom. The van der Waals surface area contributed by atoms with Crippen LogP contribution in [-0.4, -0.2) is 30.3 Å². The summed E-state index contributed by atoms with van der Waals surface area (Å²) in [7, 11) is 2.66. The van der Waals surface area contributed by atoms with E-state index in [0.717, 1.165) is 33.3 Å². The topological polar surface area (TPSA) is 70.7 Å². The fourth-order valence-electron chi connectivity index (χ4n) is 3.52. The zero-order chi connectivity index (χ0) is 22.9. The summed E-state index contributed by atoms with van der Waals surface area (Å²) in [4.78, 5) is 20.1. The Balaban J connectivity index is 1.46. The lowest BCUT2D eigenvalue weighted by atomic mass is 10.1. The summed E-state index contributed by atoms with van der Waals surface area (Å²) in [5.41, 5.74) is 4.57. The van der Waals surface area contributed by atoms with Gasteiger partial charge in [-0.1, -0.05) is 54.6 Å². The van der Waals surface area contributed by atoms with Crippen LogP contribution in [0.5, 0.6) is 0 Å². The molecule has 3 aromatic rings. The van der Waals surface area contributed by atoms with E-state index in [4.69, 9.17) is 4.84 Å². The summed E-state index contributed by atoms with van der Waals surface area (Å²) >= 11 is 0. The van der Waals surface area contributed by atoms with Crippen LogP contribution < -0.4 is 15.1 Å². The summed E-state index contributed by atoms with van der Waals surface area (Å²) in [6, 6.07) is 21.6. The van der Waals surface area contributed by atoms with Gasteiger partial charge in [0.2, 0.25) is 5.91 Å². The molecule has 3 rings (SSSR count). The minimum absolute atomic E-state index is 0.00107. The molecule has 0 aliphatic rings. The first kappa shape index (κ1) is 23.9. The van der Waals surface area contributed by atoms with Crippen LogP contribution in [0.25, 0.3) is 10.8 Å². The quantitative estimate of drug-likeness (QED) is 0.424. The molecule has 0 aliphatic heterocycles. The standard InChI is InChI=1S/C25H31N3O3S/c1-19(10-7-17-25(29)26-31-18-20-11-5-4-6-12-20)27-32(30)24-16-9-13-21-22(24)14-8-15-23(21)28(2)3/h4-6,8-9,11-16,19,27H,7,10,17-18H2,1-3H3,(H,26,29). The minimum Gasteiger partial charge on any atom is -0.377 e. The van der Waals surface area contributed by atoms with Crippen LogP contribution in [0.4, 0.5) is 5.69 Å². The van der Waals surface area contributed by atoms with Crippen molar-refractivity contribution in [2.24, 2.45) is 0 Å². The molecule has 2 N–H and O–H groups in total. The smallest absolute Gasteiger partial charge is 0.243 e. The number of nitrogens with zero attached hydrogens (tertiary/aromatic N) is 1. The van der Waals surface area contributed by atoms with Crippen molar-refractivity contribution in [1.82, 2.24) is 10.2 Å². The molecule has 0 fully saturated rings. The van der Waals surface area contributed by atoms with Gasteiger partial charge < -0.3 is 4.90 Å². The largest absolute Gasteiger partial charge is 0.377 e. The van der Waals surface area contributed by atoms with Gasteiger partial charge in [0.25, 0.3) is 0 Å². The Morgan fingerprint density at radius 1 is 1.00 bits per heavy atom. The van der Waals surface area contributed by atoms with E-state index in [2.05, 4.69) is 21.2 Å². The number of anilines is 1. The maximum absolute atomic E-state index is 13.0. The van der Waals surface area contributed by atoms with E-state index < -0.39 is 11.0 Å². The van der Waals surface area contributed by atoms with Gasteiger partial charge in [0.1, 0.15) is 11.0 Å². The maximum atomic E-state index is 13.0. The summed E-state index contributed by atoms with van der Waals surface area (Å²) < 4.78 is 16.2. The lowest BCUT2D eigenvalue weighted by molar-refractivity contribution is -0.134. The van der Waals surface area contributed by atoms with E-state index in [1.165, 1.54) is 0 Å². The average Bonchev–Trinajstić information content (AvgIpc) is 2.78. The zero-order valence-electron chi connectivity index (χ0n) is 18.8. The van der Waals surface area contributed by atoms with Crippen LogP contribution in [0.2, 0.25) is 0 Å². The van der Waals surface area contributed by atoms with Crippen molar-refractivity contribution in [3.63, 3.8) is 0 Å². The molecule has 3 aromatic carbocycles. The van der Waals surface area contributed by atoms with Gasteiger partial charge in [0.15, 0.2) is 0 Å². The number of amides is 1. The molecule has 0 saturated heterocycles. The minimum atomic E-state index is -1.34. The Kier molecular flexibility index (Phi) is 8.79. The van der Waals surface area contributed by atoms with Crippen molar-refractivity contribution in [3.8, 4) is 0 Å². The Hall–Kier alpha value is -2.74. The number of carbonyl (C=O) groups is 1. The van der Waals surface area contributed by atoms with Crippen LogP contribution in [-0.2, 0) is 27.2 Å². The monoisotopic (exact) mass is 453 g/mol. The molecule has 7 heteroatoms. The van der Waals surface area contributed by atoms with Crippen LogP contribution >= 0.6 is 0 Å². The third-order valence-electron chi connectivity index (χ3n) is 5.16. The summed E-state index contributed by atoms with van der Waals surface area (Å²) in [6.07, 6.45) is 1.76. The summed E-state index contributed by atoms with van der Waals surface area (Å²) in [6.45, 7) is 2.32. The highest BCUT2D eigenvalue weighted by atomic mass is 32.2. The van der Waals surface area contributed by atoms with E-state index >= 15 is 0 Å². The van der Waals surface area contributed by atoms with E-state index in [-0.39, 0.29) is 11.9 Å². The average molecular weight is 454 g/mol. The zero-order valence-corrected chi connectivity index (χ0v) is 19.7. The van der Waals surface area contributed by atoms with Crippen LogP contribution in [0, 0.1) is 0 Å². The van der Waals surface area contributed by atoms with Gasteiger partial charge in [-0.05, 0) is 37.5 Å². The molecule has 0 spiro atoms. The first-order valence-electron chi connectivity index (χ1n) is 10.8. The number of benzene rings is 3. The first-order chi connectivity index (χ1) is 15.5. The molecule has 0 heterocycles. The Morgan fingerprint density at radius 2 is 1.72 bits per heavy atom. The number of hydrogen-bond acceptors (Lipinski definition) is 4. The highest BCUT2D eigenvalue weighted by molar-refractivity contribution is 7.83. The molecular weight excluding hydrogens is 422 g/mol. The first-order valence-corrected chi connectivity index (χ1v) is 11.9. The number of fused-ring (bicyclic) bond motifs is 1. The van der Waals surface area contributed by atoms with Crippen molar-refractivity contribution in [2.75, 3.05) is 19.0 Å². The highest BCUT2D eigenvalue weighted by Crippen LogP contribution is 2.29. The van der Waals surface area contributed by atoms with E-state index in [1.807, 2.05) is 81.7 Å². The van der Waals surface area contributed by atoms with E-state index in [0.29, 0.717) is 19.4 Å². The predicted octanol–water partition coefficient (Wildman–Crippen LogP) is 4.32. The van der Waals surface area contributed by atoms with Gasteiger partial charge in [-0.15, -0.1) is 0 Å². The maximum Gasteiger partial charge on any atom is 0.243 e. The molecule has 1 amide bonds. The molecule has 2 atom stereocenters. The second-order valence-electron chi connectivity index (χ2n) is 8.00.